The van der Waals surface area contributed by atoms with Crippen LogP contribution < -0.4 is 10.1 Å². The fourth-order valence-corrected chi connectivity index (χ4v) is 2.95. The molecule has 0 spiro atoms. The zero-order valence-electron chi connectivity index (χ0n) is 11.7. The third-order valence-corrected chi connectivity index (χ3v) is 4.11. The number of aryl methyl sites for hydroxylation is 2. The van der Waals surface area contributed by atoms with Crippen LogP contribution in [-0.4, -0.2) is 12.0 Å². The summed E-state index contributed by atoms with van der Waals surface area (Å²) in [5, 5.41) is 4.20. The predicted molar refractivity (Wildman–Crippen MR) is 79.8 cm³/mol. The Bertz CT molecular complexity index is 537. The normalized spacial score (nSPS) is 10.7. The fourth-order valence-electron chi connectivity index (χ4n) is 1.95. The van der Waals surface area contributed by atoms with E-state index in [4.69, 9.17) is 4.74 Å². The summed E-state index contributed by atoms with van der Waals surface area (Å²) in [6, 6.07) is 8.18. The fraction of sp³-hybridized carbons (Fsp3) is 0.400. The molecule has 0 radical (unpaired) electrons. The van der Waals surface area contributed by atoms with Gasteiger partial charge >= 0.3 is 0 Å². The first-order valence-electron chi connectivity index (χ1n) is 6.55. The molecule has 0 amide bonds. The Hall–Kier alpha value is -1.39. The van der Waals surface area contributed by atoms with E-state index in [-0.39, 0.29) is 0 Å². The number of rotatable bonds is 6. The molecule has 19 heavy (non-hydrogen) atoms. The van der Waals surface area contributed by atoms with Gasteiger partial charge in [0.05, 0.1) is 5.69 Å². The second-order valence-electron chi connectivity index (χ2n) is 4.40. The number of nitrogens with zero attached hydrogens (tertiary/aromatic N) is 1. The second kappa shape index (κ2) is 6.68. The van der Waals surface area contributed by atoms with Gasteiger partial charge in [-0.15, -0.1) is 11.3 Å². The van der Waals surface area contributed by atoms with Crippen molar-refractivity contribution in [3.63, 3.8) is 0 Å². The Morgan fingerprint density at radius 2 is 2.11 bits per heavy atom. The lowest BCUT2D eigenvalue weighted by Crippen LogP contribution is -2.04. The maximum absolute atomic E-state index is 5.89. The molecule has 0 unspecified atom stereocenters. The predicted octanol–water partition coefficient (Wildman–Crippen LogP) is 3.31. The van der Waals surface area contributed by atoms with E-state index < -0.39 is 0 Å². The summed E-state index contributed by atoms with van der Waals surface area (Å²) in [7, 11) is 1.95. The minimum atomic E-state index is 0.548. The number of ether oxygens (including phenoxy) is 1. The average molecular weight is 276 g/mol. The molecule has 0 saturated carbocycles. The molecule has 0 saturated heterocycles. The van der Waals surface area contributed by atoms with E-state index >= 15 is 0 Å². The van der Waals surface area contributed by atoms with Crippen LogP contribution >= 0.6 is 11.3 Å². The van der Waals surface area contributed by atoms with Crippen molar-refractivity contribution in [2.24, 2.45) is 0 Å². The highest BCUT2D eigenvalue weighted by Gasteiger charge is 2.08. The Kier molecular flexibility index (Phi) is 4.93. The summed E-state index contributed by atoms with van der Waals surface area (Å²) in [6.45, 7) is 5.61. The molecule has 2 rings (SSSR count). The first-order chi connectivity index (χ1) is 9.24. The van der Waals surface area contributed by atoms with E-state index in [1.807, 2.05) is 32.2 Å². The second-order valence-corrected chi connectivity index (χ2v) is 5.56. The van der Waals surface area contributed by atoms with Crippen molar-refractivity contribution < 1.29 is 4.74 Å². The van der Waals surface area contributed by atoms with Crippen molar-refractivity contribution in [2.75, 3.05) is 7.05 Å². The number of aromatic nitrogens is 1. The smallest absolute Gasteiger partial charge is 0.140 e. The maximum atomic E-state index is 5.89. The van der Waals surface area contributed by atoms with E-state index in [9.17, 15) is 0 Å². The van der Waals surface area contributed by atoms with E-state index in [1.165, 1.54) is 10.4 Å². The van der Waals surface area contributed by atoms with Gasteiger partial charge in [0.25, 0.3) is 0 Å². The van der Waals surface area contributed by atoms with E-state index in [0.717, 1.165) is 29.4 Å². The van der Waals surface area contributed by atoms with Gasteiger partial charge in [0, 0.05) is 11.4 Å². The van der Waals surface area contributed by atoms with Crippen LogP contribution in [0, 0.1) is 6.92 Å². The summed E-state index contributed by atoms with van der Waals surface area (Å²) < 4.78 is 5.89. The first kappa shape index (κ1) is 14.0. The lowest BCUT2D eigenvalue weighted by atomic mass is 10.1. The Morgan fingerprint density at radius 3 is 2.84 bits per heavy atom. The molecule has 0 atom stereocenters. The highest BCUT2D eigenvalue weighted by Crippen LogP contribution is 2.22. The van der Waals surface area contributed by atoms with Crippen LogP contribution in [0.1, 0.15) is 28.1 Å². The molecular weight excluding hydrogens is 256 g/mol. The largest absolute Gasteiger partial charge is 0.486 e. The summed E-state index contributed by atoms with van der Waals surface area (Å²) in [5.74, 6) is 0.966. The Labute approximate surface area is 118 Å². The number of nitrogens with one attached hydrogen (secondary N) is 1. The summed E-state index contributed by atoms with van der Waals surface area (Å²) in [5.41, 5.74) is 2.34. The number of para-hydroxylation sites is 1. The standard InChI is InChI=1S/C15H20N2OS/c1-4-12-7-5-6-8-13(12)18-10-15-17-11(2)14(19-15)9-16-3/h5-8,16H,4,9-10H2,1-3H3. The Balaban J connectivity index is 2.04. The monoisotopic (exact) mass is 276 g/mol. The number of thiazole rings is 1. The lowest BCUT2D eigenvalue weighted by molar-refractivity contribution is 0.302. The Morgan fingerprint density at radius 1 is 1.32 bits per heavy atom. The van der Waals surface area contributed by atoms with Crippen molar-refractivity contribution in [2.45, 2.75) is 33.4 Å². The topological polar surface area (TPSA) is 34.1 Å². The van der Waals surface area contributed by atoms with Gasteiger partial charge < -0.3 is 10.1 Å². The molecule has 102 valence electrons. The van der Waals surface area contributed by atoms with Gasteiger partial charge in [-0.25, -0.2) is 4.98 Å². The zero-order chi connectivity index (χ0) is 13.7. The van der Waals surface area contributed by atoms with Crippen molar-refractivity contribution in [3.8, 4) is 5.75 Å². The molecule has 0 aliphatic heterocycles. The van der Waals surface area contributed by atoms with Crippen LogP contribution in [-0.2, 0) is 19.6 Å². The van der Waals surface area contributed by atoms with Crippen LogP contribution in [0.4, 0.5) is 0 Å². The van der Waals surface area contributed by atoms with Crippen molar-refractivity contribution in [1.82, 2.24) is 10.3 Å². The highest BCUT2D eigenvalue weighted by molar-refractivity contribution is 7.11. The summed E-state index contributed by atoms with van der Waals surface area (Å²) >= 11 is 1.72. The number of hydrogen-bond acceptors (Lipinski definition) is 4. The molecular formula is C15H20N2OS. The van der Waals surface area contributed by atoms with Gasteiger partial charge in [-0.05, 0) is 32.0 Å². The molecule has 1 aromatic heterocycles. The number of hydrogen-bond donors (Lipinski definition) is 1. The van der Waals surface area contributed by atoms with Crippen LogP contribution in [0.2, 0.25) is 0 Å². The van der Waals surface area contributed by atoms with Gasteiger partial charge in [0.1, 0.15) is 17.4 Å². The summed E-state index contributed by atoms with van der Waals surface area (Å²) in [6.07, 6.45) is 0.984. The minimum absolute atomic E-state index is 0.548. The third-order valence-electron chi connectivity index (χ3n) is 2.98. The molecule has 2 aromatic rings. The van der Waals surface area contributed by atoms with Crippen LogP contribution in [0.25, 0.3) is 0 Å². The van der Waals surface area contributed by atoms with Crippen molar-refractivity contribution in [3.05, 3.63) is 45.4 Å². The van der Waals surface area contributed by atoms with Gasteiger partial charge in [-0.2, -0.15) is 0 Å². The molecule has 1 N–H and O–H groups in total. The summed E-state index contributed by atoms with van der Waals surface area (Å²) in [4.78, 5) is 5.84. The van der Waals surface area contributed by atoms with Gasteiger partial charge in [0.15, 0.2) is 0 Å². The molecule has 4 heteroatoms. The molecule has 1 heterocycles. The third kappa shape index (κ3) is 3.55. The molecule has 0 aliphatic rings. The molecule has 3 nitrogen and oxygen atoms in total. The average Bonchev–Trinajstić information content (AvgIpc) is 2.78. The molecule has 0 aliphatic carbocycles. The zero-order valence-corrected chi connectivity index (χ0v) is 12.5. The maximum Gasteiger partial charge on any atom is 0.140 e. The van der Waals surface area contributed by atoms with Crippen molar-refractivity contribution in [1.29, 1.82) is 0 Å². The quantitative estimate of drug-likeness (QED) is 0.879. The van der Waals surface area contributed by atoms with Gasteiger partial charge in [0.2, 0.25) is 0 Å². The SMILES string of the molecule is CCc1ccccc1OCc1nc(C)c(CNC)s1. The molecule has 0 fully saturated rings. The minimum Gasteiger partial charge on any atom is -0.486 e. The van der Waals surface area contributed by atoms with Crippen LogP contribution in [0.3, 0.4) is 0 Å². The van der Waals surface area contributed by atoms with Crippen LogP contribution in [0.5, 0.6) is 5.75 Å². The molecule has 0 bridgehead atoms. The van der Waals surface area contributed by atoms with Crippen LogP contribution in [0.15, 0.2) is 24.3 Å². The van der Waals surface area contributed by atoms with Crippen molar-refractivity contribution >= 4 is 11.3 Å². The lowest BCUT2D eigenvalue weighted by Gasteiger charge is -2.08. The van der Waals surface area contributed by atoms with E-state index in [1.54, 1.807) is 11.3 Å². The van der Waals surface area contributed by atoms with Gasteiger partial charge in [-0.3, -0.25) is 0 Å². The molecule has 1 aromatic carbocycles. The van der Waals surface area contributed by atoms with E-state index in [0.29, 0.717) is 6.61 Å². The van der Waals surface area contributed by atoms with E-state index in [2.05, 4.69) is 23.3 Å². The first-order valence-corrected chi connectivity index (χ1v) is 7.36. The highest BCUT2D eigenvalue weighted by atomic mass is 32.1. The number of benzene rings is 1. The van der Waals surface area contributed by atoms with Gasteiger partial charge in [-0.1, -0.05) is 25.1 Å².